The lowest BCUT2D eigenvalue weighted by Gasteiger charge is -2.27. The molecule has 2 amide bonds. The first-order chi connectivity index (χ1) is 13.9. The maximum atomic E-state index is 13.0. The highest BCUT2D eigenvalue weighted by molar-refractivity contribution is 7.89. The van der Waals surface area contributed by atoms with E-state index in [0.717, 1.165) is 24.8 Å². The van der Waals surface area contributed by atoms with E-state index >= 15 is 0 Å². The number of carbonyl (C=O) groups is 1. The summed E-state index contributed by atoms with van der Waals surface area (Å²) < 4.78 is 27.6. The Labute approximate surface area is 177 Å². The first-order valence-corrected chi connectivity index (χ1v) is 11.5. The number of urea groups is 1. The summed E-state index contributed by atoms with van der Waals surface area (Å²) >= 11 is 5.99. The van der Waals surface area contributed by atoms with Gasteiger partial charge in [-0.15, -0.1) is 0 Å². The fourth-order valence-electron chi connectivity index (χ4n) is 3.43. The van der Waals surface area contributed by atoms with Crippen LogP contribution >= 0.6 is 11.6 Å². The van der Waals surface area contributed by atoms with Crippen molar-refractivity contribution in [3.05, 3.63) is 64.7 Å². The van der Waals surface area contributed by atoms with Gasteiger partial charge in [0, 0.05) is 38.2 Å². The average molecular weight is 436 g/mol. The van der Waals surface area contributed by atoms with Crippen molar-refractivity contribution in [2.24, 2.45) is 0 Å². The molecule has 2 aromatic carbocycles. The van der Waals surface area contributed by atoms with Gasteiger partial charge >= 0.3 is 6.03 Å². The molecule has 0 atom stereocenters. The Morgan fingerprint density at radius 3 is 2.55 bits per heavy atom. The fourth-order valence-corrected chi connectivity index (χ4v) is 5.38. The number of nitrogens with zero attached hydrogens (tertiary/aromatic N) is 2. The summed E-state index contributed by atoms with van der Waals surface area (Å²) in [6.45, 7) is 1.64. The van der Waals surface area contributed by atoms with Crippen LogP contribution in [0.4, 0.5) is 4.79 Å². The normalized spacial score (nSPS) is 15.1. The van der Waals surface area contributed by atoms with Gasteiger partial charge in [0.1, 0.15) is 0 Å². The van der Waals surface area contributed by atoms with E-state index < -0.39 is 10.0 Å². The summed E-state index contributed by atoms with van der Waals surface area (Å²) in [4.78, 5) is 14.3. The number of halogens is 1. The smallest absolute Gasteiger partial charge is 0.317 e. The molecule has 1 aliphatic rings. The molecule has 0 aliphatic carbocycles. The molecule has 0 bridgehead atoms. The van der Waals surface area contributed by atoms with E-state index in [4.69, 9.17) is 11.6 Å². The maximum absolute atomic E-state index is 13.0. The van der Waals surface area contributed by atoms with Gasteiger partial charge < -0.3 is 10.2 Å². The van der Waals surface area contributed by atoms with E-state index in [2.05, 4.69) is 5.32 Å². The third-order valence-corrected chi connectivity index (χ3v) is 7.23. The van der Waals surface area contributed by atoms with E-state index in [1.165, 1.54) is 4.90 Å². The number of amides is 2. The van der Waals surface area contributed by atoms with Crippen LogP contribution in [0.2, 0.25) is 5.02 Å². The Hall–Kier alpha value is -2.09. The van der Waals surface area contributed by atoms with Gasteiger partial charge in [0.25, 0.3) is 0 Å². The third-order valence-electron chi connectivity index (χ3n) is 4.99. The standard InChI is InChI=1S/C21H26ClN3O3S/c1-24(16-17-8-7-10-19(22)14-17)21(26)23-15-18-9-3-4-11-20(18)29(27,28)25-12-5-2-6-13-25/h3-4,7-11,14H,2,5-6,12-13,15-16H2,1H3,(H,23,26). The maximum Gasteiger partial charge on any atom is 0.317 e. The number of sulfonamides is 1. The van der Waals surface area contributed by atoms with Gasteiger partial charge in [0.05, 0.1) is 4.90 Å². The zero-order valence-corrected chi connectivity index (χ0v) is 18.0. The van der Waals surface area contributed by atoms with E-state index in [-0.39, 0.29) is 17.5 Å². The second-order valence-corrected chi connectivity index (χ2v) is 9.56. The molecule has 0 aromatic heterocycles. The van der Waals surface area contributed by atoms with Crippen LogP contribution in [-0.2, 0) is 23.1 Å². The molecule has 1 aliphatic heterocycles. The Morgan fingerprint density at radius 2 is 1.83 bits per heavy atom. The number of benzene rings is 2. The van der Waals surface area contributed by atoms with Gasteiger partial charge in [-0.25, -0.2) is 13.2 Å². The Kier molecular flexibility index (Phi) is 7.16. The number of piperidine rings is 1. The molecule has 1 N–H and O–H groups in total. The van der Waals surface area contributed by atoms with Crippen molar-refractivity contribution >= 4 is 27.7 Å². The van der Waals surface area contributed by atoms with Crippen LogP contribution in [0.1, 0.15) is 30.4 Å². The van der Waals surface area contributed by atoms with E-state index in [0.29, 0.717) is 30.2 Å². The Morgan fingerprint density at radius 1 is 1.10 bits per heavy atom. The molecular formula is C21H26ClN3O3S. The summed E-state index contributed by atoms with van der Waals surface area (Å²) in [5.41, 5.74) is 1.51. The van der Waals surface area contributed by atoms with Crippen LogP contribution in [-0.4, -0.2) is 43.8 Å². The molecule has 0 radical (unpaired) electrons. The first-order valence-electron chi connectivity index (χ1n) is 9.69. The molecule has 156 valence electrons. The van der Waals surface area contributed by atoms with E-state index in [1.807, 2.05) is 18.2 Å². The highest BCUT2D eigenvalue weighted by atomic mass is 35.5. The number of rotatable bonds is 6. The average Bonchev–Trinajstić information content (AvgIpc) is 2.72. The molecular weight excluding hydrogens is 410 g/mol. The summed E-state index contributed by atoms with van der Waals surface area (Å²) in [7, 11) is -1.87. The highest BCUT2D eigenvalue weighted by Crippen LogP contribution is 2.23. The summed E-state index contributed by atoms with van der Waals surface area (Å²) in [5.74, 6) is 0. The second-order valence-electron chi connectivity index (χ2n) is 7.22. The van der Waals surface area contributed by atoms with Crippen LogP contribution in [0.15, 0.2) is 53.4 Å². The van der Waals surface area contributed by atoms with Crippen molar-refractivity contribution in [2.75, 3.05) is 20.1 Å². The summed E-state index contributed by atoms with van der Waals surface area (Å²) in [6.07, 6.45) is 2.82. The summed E-state index contributed by atoms with van der Waals surface area (Å²) in [6, 6.07) is 13.9. The number of hydrogen-bond acceptors (Lipinski definition) is 3. The fraction of sp³-hybridized carbons (Fsp3) is 0.381. The summed E-state index contributed by atoms with van der Waals surface area (Å²) in [5, 5.41) is 3.44. The predicted octanol–water partition coefficient (Wildman–Crippen LogP) is 3.86. The van der Waals surface area contributed by atoms with Crippen LogP contribution < -0.4 is 5.32 Å². The number of carbonyl (C=O) groups excluding carboxylic acids is 1. The lowest BCUT2D eigenvalue weighted by atomic mass is 10.2. The van der Waals surface area contributed by atoms with E-state index in [9.17, 15) is 13.2 Å². The second kappa shape index (κ2) is 9.61. The number of nitrogens with one attached hydrogen (secondary N) is 1. The van der Waals surface area contributed by atoms with Crippen molar-refractivity contribution in [1.29, 1.82) is 0 Å². The minimum absolute atomic E-state index is 0.141. The van der Waals surface area contributed by atoms with E-state index in [1.54, 1.807) is 41.7 Å². The van der Waals surface area contributed by atoms with Crippen LogP contribution in [0.3, 0.4) is 0 Å². The largest absolute Gasteiger partial charge is 0.334 e. The SMILES string of the molecule is CN(Cc1cccc(Cl)c1)C(=O)NCc1ccccc1S(=O)(=O)N1CCCCC1. The molecule has 6 nitrogen and oxygen atoms in total. The molecule has 29 heavy (non-hydrogen) atoms. The lowest BCUT2D eigenvalue weighted by Crippen LogP contribution is -2.38. The van der Waals surface area contributed by atoms with Crippen molar-refractivity contribution in [2.45, 2.75) is 37.2 Å². The lowest BCUT2D eigenvalue weighted by molar-refractivity contribution is 0.206. The third kappa shape index (κ3) is 5.50. The highest BCUT2D eigenvalue weighted by Gasteiger charge is 2.28. The zero-order chi connectivity index (χ0) is 20.9. The van der Waals surface area contributed by atoms with Gasteiger partial charge in [0.2, 0.25) is 10.0 Å². The van der Waals surface area contributed by atoms with Gasteiger partial charge in [-0.05, 0) is 42.2 Å². The van der Waals surface area contributed by atoms with Crippen molar-refractivity contribution in [3.63, 3.8) is 0 Å². The van der Waals surface area contributed by atoms with Crippen LogP contribution in [0.25, 0.3) is 0 Å². The van der Waals surface area contributed by atoms with Crippen LogP contribution in [0.5, 0.6) is 0 Å². The first kappa shape index (κ1) is 21.6. The predicted molar refractivity (Wildman–Crippen MR) is 114 cm³/mol. The van der Waals surface area contributed by atoms with Crippen molar-refractivity contribution in [1.82, 2.24) is 14.5 Å². The Balaban J connectivity index is 1.67. The molecule has 2 aromatic rings. The molecule has 1 fully saturated rings. The van der Waals surface area contributed by atoms with Crippen molar-refractivity contribution in [3.8, 4) is 0 Å². The minimum Gasteiger partial charge on any atom is -0.334 e. The van der Waals surface area contributed by atoms with Crippen molar-refractivity contribution < 1.29 is 13.2 Å². The monoisotopic (exact) mass is 435 g/mol. The van der Waals surface area contributed by atoms with Gasteiger partial charge in [-0.2, -0.15) is 4.31 Å². The molecule has 8 heteroatoms. The quantitative estimate of drug-likeness (QED) is 0.749. The zero-order valence-electron chi connectivity index (χ0n) is 16.5. The minimum atomic E-state index is -3.56. The molecule has 0 spiro atoms. The molecule has 1 saturated heterocycles. The topological polar surface area (TPSA) is 69.7 Å². The van der Waals surface area contributed by atoms with Gasteiger partial charge in [-0.1, -0.05) is 48.4 Å². The molecule has 0 saturated carbocycles. The molecule has 3 rings (SSSR count). The number of hydrogen-bond donors (Lipinski definition) is 1. The van der Waals surface area contributed by atoms with Crippen LogP contribution in [0, 0.1) is 0 Å². The Bertz CT molecular complexity index is 959. The van der Waals surface area contributed by atoms with Gasteiger partial charge in [0.15, 0.2) is 0 Å². The molecule has 1 heterocycles. The molecule has 0 unspecified atom stereocenters. The van der Waals surface area contributed by atoms with Gasteiger partial charge in [-0.3, -0.25) is 0 Å².